The van der Waals surface area contributed by atoms with Crippen LogP contribution in [0, 0.1) is 0 Å². The van der Waals surface area contributed by atoms with Gasteiger partial charge in [-0.25, -0.2) is 0 Å². The van der Waals surface area contributed by atoms with E-state index < -0.39 is 7.25 Å². The van der Waals surface area contributed by atoms with E-state index >= 15 is 0 Å². The molecular weight excluding hydrogens is 515 g/mol. The van der Waals surface area contributed by atoms with Crippen LogP contribution in [-0.2, 0) is 0 Å². The normalized spacial score (nSPS) is 10.7. The third-order valence-electron chi connectivity index (χ3n) is 5.40. The number of quaternary nitrogens is 1. The Kier molecular flexibility index (Phi) is 13.2. The molecule has 0 aliphatic carbocycles. The van der Waals surface area contributed by atoms with Gasteiger partial charge in [-0.05, 0) is 36.4 Å². The Morgan fingerprint density at radius 2 is 0.744 bits per heavy atom. The fourth-order valence-electron chi connectivity index (χ4n) is 3.51. The molecule has 7 nitrogen and oxygen atoms in total. The summed E-state index contributed by atoms with van der Waals surface area (Å²) in [5.41, 5.74) is 1.86. The Morgan fingerprint density at radius 1 is 0.513 bits per heavy atom. The molecule has 0 heterocycles. The van der Waals surface area contributed by atoms with Crippen molar-refractivity contribution in [3.63, 3.8) is 0 Å². The lowest BCUT2D eigenvalue weighted by molar-refractivity contribution is -0.896. The third kappa shape index (κ3) is 13.8. The Bertz CT molecular complexity index is 1010. The van der Waals surface area contributed by atoms with E-state index in [0.29, 0.717) is 56.0 Å². The molecule has 0 aromatic heterocycles. The number of hydrogen-bond acceptors (Lipinski definition) is 3. The van der Waals surface area contributed by atoms with Gasteiger partial charge in [0.15, 0.2) is 0 Å². The van der Waals surface area contributed by atoms with Gasteiger partial charge in [0.25, 0.3) is 17.7 Å². The molecule has 0 aliphatic rings. The first-order chi connectivity index (χ1) is 18.6. The van der Waals surface area contributed by atoms with Gasteiger partial charge in [-0.3, -0.25) is 14.4 Å². The lowest BCUT2D eigenvalue weighted by atomic mass is 10.2. The van der Waals surface area contributed by atoms with E-state index in [-0.39, 0.29) is 17.7 Å². The van der Waals surface area contributed by atoms with E-state index in [1.165, 1.54) is 0 Å². The highest BCUT2D eigenvalue weighted by molar-refractivity contribution is 6.50. The highest BCUT2D eigenvalue weighted by atomic mass is 19.5. The average Bonchev–Trinajstić information content (AvgIpc) is 2.93. The largest absolute Gasteiger partial charge is 0.673 e. The molecule has 0 unspecified atom stereocenters. The summed E-state index contributed by atoms with van der Waals surface area (Å²) in [6.45, 7) is 3.47. The molecular formula is C27H31BF4N4O3. The van der Waals surface area contributed by atoms with Crippen molar-refractivity contribution in [1.82, 2.24) is 16.0 Å². The highest BCUT2D eigenvalue weighted by Crippen LogP contribution is 2.06. The number of hydrogen-bond donors (Lipinski definition) is 4. The van der Waals surface area contributed by atoms with Gasteiger partial charge in [0.05, 0.1) is 39.3 Å². The maximum atomic E-state index is 12.3. The minimum atomic E-state index is -6.00. The van der Waals surface area contributed by atoms with Crippen molar-refractivity contribution in [2.75, 3.05) is 39.3 Å². The fourth-order valence-corrected chi connectivity index (χ4v) is 3.51. The van der Waals surface area contributed by atoms with Crippen LogP contribution in [0.25, 0.3) is 0 Å². The Balaban J connectivity index is 0.000000976. The van der Waals surface area contributed by atoms with E-state index in [9.17, 15) is 31.6 Å². The molecule has 0 saturated carbocycles. The first-order valence-corrected chi connectivity index (χ1v) is 12.3. The minimum absolute atomic E-state index is 0.116. The highest BCUT2D eigenvalue weighted by Gasteiger charge is 2.20. The molecule has 4 N–H and O–H groups in total. The van der Waals surface area contributed by atoms with E-state index in [0.717, 1.165) is 4.90 Å². The van der Waals surface area contributed by atoms with Crippen molar-refractivity contribution in [1.29, 1.82) is 0 Å². The summed E-state index contributed by atoms with van der Waals surface area (Å²) in [4.78, 5) is 38.1. The fraction of sp³-hybridized carbons (Fsp3) is 0.222. The quantitative estimate of drug-likeness (QED) is 0.208. The minimum Gasteiger partial charge on any atom is -0.418 e. The van der Waals surface area contributed by atoms with Crippen LogP contribution in [0.1, 0.15) is 31.1 Å². The SMILES string of the molecule is F[B-](F)(F)F.O=C(NCC[NH+](CCNC(=O)c1ccccc1)CCNC(=O)c1ccccc1)c1ccccc1. The molecule has 0 saturated heterocycles. The second-order valence-electron chi connectivity index (χ2n) is 8.36. The number of rotatable bonds is 12. The predicted molar refractivity (Wildman–Crippen MR) is 142 cm³/mol. The van der Waals surface area contributed by atoms with Crippen LogP contribution in [0.3, 0.4) is 0 Å². The molecule has 3 aromatic carbocycles. The molecule has 0 aliphatic heterocycles. The third-order valence-corrected chi connectivity index (χ3v) is 5.40. The number of benzene rings is 3. The number of nitrogens with one attached hydrogen (secondary N) is 4. The predicted octanol–water partition coefficient (Wildman–Crippen LogP) is 2.46. The lowest BCUT2D eigenvalue weighted by Gasteiger charge is -2.20. The molecule has 39 heavy (non-hydrogen) atoms. The van der Waals surface area contributed by atoms with Crippen molar-refractivity contribution < 1.29 is 36.5 Å². The molecule has 0 radical (unpaired) electrons. The van der Waals surface area contributed by atoms with E-state index in [2.05, 4.69) is 16.0 Å². The van der Waals surface area contributed by atoms with Gasteiger partial charge in [0, 0.05) is 16.7 Å². The van der Waals surface area contributed by atoms with Crippen molar-refractivity contribution >= 4 is 25.0 Å². The Hall–Kier alpha value is -4.19. The number of halogens is 4. The van der Waals surface area contributed by atoms with Crippen LogP contribution in [-0.4, -0.2) is 64.2 Å². The van der Waals surface area contributed by atoms with Gasteiger partial charge in [-0.1, -0.05) is 54.6 Å². The van der Waals surface area contributed by atoms with Gasteiger partial charge in [0.1, 0.15) is 0 Å². The van der Waals surface area contributed by atoms with Crippen molar-refractivity contribution in [3.05, 3.63) is 108 Å². The van der Waals surface area contributed by atoms with Crippen molar-refractivity contribution in [2.45, 2.75) is 0 Å². The summed E-state index contributed by atoms with van der Waals surface area (Å²) < 4.78 is 39.0. The number of carbonyl (C=O) groups excluding carboxylic acids is 3. The van der Waals surface area contributed by atoms with Gasteiger partial charge in [-0.15, -0.1) is 0 Å². The average molecular weight is 546 g/mol. The first kappa shape index (κ1) is 31.0. The van der Waals surface area contributed by atoms with E-state index in [1.807, 2.05) is 54.6 Å². The molecule has 12 heteroatoms. The first-order valence-electron chi connectivity index (χ1n) is 12.3. The summed E-state index contributed by atoms with van der Waals surface area (Å²) in [6.07, 6.45) is 0. The molecule has 3 aromatic rings. The van der Waals surface area contributed by atoms with Crippen LogP contribution in [0.15, 0.2) is 91.0 Å². The lowest BCUT2D eigenvalue weighted by Crippen LogP contribution is -3.14. The van der Waals surface area contributed by atoms with Gasteiger partial charge in [-0.2, -0.15) is 0 Å². The van der Waals surface area contributed by atoms with Crippen molar-refractivity contribution in [3.8, 4) is 0 Å². The summed E-state index contributed by atoms with van der Waals surface area (Å²) >= 11 is 0. The van der Waals surface area contributed by atoms with E-state index in [1.54, 1.807) is 36.4 Å². The van der Waals surface area contributed by atoms with Crippen molar-refractivity contribution in [2.24, 2.45) is 0 Å². The summed E-state index contributed by atoms with van der Waals surface area (Å²) in [5.74, 6) is -0.348. The molecule has 3 rings (SSSR count). The van der Waals surface area contributed by atoms with Crippen LogP contribution < -0.4 is 20.9 Å². The molecule has 0 fully saturated rings. The summed E-state index contributed by atoms with van der Waals surface area (Å²) in [6, 6.07) is 27.3. The van der Waals surface area contributed by atoms with Crippen LogP contribution in [0.4, 0.5) is 17.3 Å². The molecule has 3 amide bonds. The standard InChI is InChI=1S/C27H30N4O3.BF4/c32-25(22-10-4-1-5-11-22)28-16-19-31(20-17-29-26(33)23-12-6-2-7-13-23)21-18-30-27(34)24-14-8-3-9-15-24;2-1(3,4)5/h1-15H,16-21H2,(H,28,32)(H,29,33)(H,30,34);/q;-1/p+1. The Morgan fingerprint density at radius 3 is 0.974 bits per heavy atom. The number of carbonyl (C=O) groups is 3. The Labute approximate surface area is 224 Å². The van der Waals surface area contributed by atoms with Crippen LogP contribution in [0.5, 0.6) is 0 Å². The maximum Gasteiger partial charge on any atom is 0.673 e. The smallest absolute Gasteiger partial charge is 0.418 e. The zero-order chi connectivity index (χ0) is 28.5. The zero-order valence-electron chi connectivity index (χ0n) is 21.2. The number of amides is 3. The second kappa shape index (κ2) is 16.6. The molecule has 0 bridgehead atoms. The molecule has 0 spiro atoms. The molecule has 208 valence electrons. The van der Waals surface area contributed by atoms with Gasteiger partial charge in [0.2, 0.25) is 0 Å². The maximum absolute atomic E-state index is 12.3. The van der Waals surface area contributed by atoms with Crippen LogP contribution >= 0.6 is 0 Å². The second-order valence-corrected chi connectivity index (χ2v) is 8.36. The topological polar surface area (TPSA) is 91.7 Å². The van der Waals surface area contributed by atoms with Crippen LogP contribution in [0.2, 0.25) is 0 Å². The molecule has 0 atom stereocenters. The zero-order valence-corrected chi connectivity index (χ0v) is 21.2. The van der Waals surface area contributed by atoms with Gasteiger partial charge < -0.3 is 38.1 Å². The van der Waals surface area contributed by atoms with Gasteiger partial charge >= 0.3 is 7.25 Å². The monoisotopic (exact) mass is 546 g/mol. The summed E-state index contributed by atoms with van der Waals surface area (Å²) in [5, 5.41) is 8.84. The van der Waals surface area contributed by atoms with E-state index in [4.69, 9.17) is 0 Å². The summed E-state index contributed by atoms with van der Waals surface area (Å²) in [7, 11) is -6.00.